The number of amides is 3. The highest BCUT2D eigenvalue weighted by Gasteiger charge is 2.22. The average Bonchev–Trinajstić information content (AvgIpc) is 3.31. The maximum Gasteiger partial charge on any atom is 0.295 e. The van der Waals surface area contributed by atoms with E-state index in [4.69, 9.17) is 0 Å². The molecule has 3 amide bonds. The van der Waals surface area contributed by atoms with Crippen LogP contribution in [0.3, 0.4) is 0 Å². The fraction of sp³-hybridized carbons (Fsp3) is 0.179. The summed E-state index contributed by atoms with van der Waals surface area (Å²) in [5.41, 5.74) is 4.14. The van der Waals surface area contributed by atoms with E-state index in [0.29, 0.717) is 28.6 Å². The SMILES string of the molecule is Cc1c(NC(=O)C(C)Sc2cccc(NC(=O)/C(=C\c3ccc(C(C)C)cc3)NC(=O)c3ccccc3)c2)c(=O)n(-c2ccccc2)n1C. The van der Waals surface area contributed by atoms with Gasteiger partial charge >= 0.3 is 0 Å². The van der Waals surface area contributed by atoms with E-state index in [9.17, 15) is 19.2 Å². The number of aromatic nitrogens is 2. The van der Waals surface area contributed by atoms with Gasteiger partial charge in [0.15, 0.2) is 0 Å². The summed E-state index contributed by atoms with van der Waals surface area (Å²) in [6.07, 6.45) is 1.64. The number of nitrogens with one attached hydrogen (secondary N) is 3. The van der Waals surface area contributed by atoms with Crippen LogP contribution < -0.4 is 21.5 Å². The Labute approximate surface area is 290 Å². The molecular weight excluding hydrogens is 635 g/mol. The molecule has 250 valence electrons. The van der Waals surface area contributed by atoms with Crippen molar-refractivity contribution < 1.29 is 14.4 Å². The summed E-state index contributed by atoms with van der Waals surface area (Å²) in [7, 11) is 1.77. The molecule has 0 radical (unpaired) electrons. The third-order valence-corrected chi connectivity index (χ3v) is 9.11. The van der Waals surface area contributed by atoms with Crippen molar-refractivity contribution in [2.75, 3.05) is 10.6 Å². The van der Waals surface area contributed by atoms with Crippen molar-refractivity contribution >= 4 is 46.9 Å². The number of rotatable bonds is 11. The van der Waals surface area contributed by atoms with Gasteiger partial charge in [-0.25, -0.2) is 4.68 Å². The van der Waals surface area contributed by atoms with Crippen LogP contribution in [0.1, 0.15) is 53.9 Å². The van der Waals surface area contributed by atoms with Crippen LogP contribution in [0.2, 0.25) is 0 Å². The van der Waals surface area contributed by atoms with Crippen molar-refractivity contribution in [2.24, 2.45) is 7.05 Å². The Bertz CT molecular complexity index is 2050. The molecule has 10 heteroatoms. The number of nitrogens with zero attached hydrogens (tertiary/aromatic N) is 2. The van der Waals surface area contributed by atoms with Crippen LogP contribution >= 0.6 is 11.8 Å². The van der Waals surface area contributed by atoms with Crippen molar-refractivity contribution in [3.05, 3.63) is 148 Å². The van der Waals surface area contributed by atoms with Gasteiger partial charge in [-0.3, -0.25) is 23.9 Å². The van der Waals surface area contributed by atoms with Crippen LogP contribution in [0.5, 0.6) is 0 Å². The molecule has 3 N–H and O–H groups in total. The zero-order valence-electron chi connectivity index (χ0n) is 28.1. The van der Waals surface area contributed by atoms with E-state index in [2.05, 4.69) is 29.8 Å². The average molecular weight is 674 g/mol. The molecule has 9 nitrogen and oxygen atoms in total. The highest BCUT2D eigenvalue weighted by atomic mass is 32.2. The summed E-state index contributed by atoms with van der Waals surface area (Å²) in [5.74, 6) is -0.882. The second-order valence-corrected chi connectivity index (χ2v) is 13.3. The van der Waals surface area contributed by atoms with Gasteiger partial charge in [-0.15, -0.1) is 11.8 Å². The van der Waals surface area contributed by atoms with Crippen molar-refractivity contribution in [1.82, 2.24) is 14.7 Å². The smallest absolute Gasteiger partial charge is 0.295 e. The highest BCUT2D eigenvalue weighted by molar-refractivity contribution is 8.00. The van der Waals surface area contributed by atoms with Crippen molar-refractivity contribution in [3.8, 4) is 5.69 Å². The Kier molecular flexibility index (Phi) is 11.0. The molecule has 49 heavy (non-hydrogen) atoms. The lowest BCUT2D eigenvalue weighted by Gasteiger charge is -2.14. The summed E-state index contributed by atoms with van der Waals surface area (Å²) in [6, 6.07) is 32.9. The second-order valence-electron chi connectivity index (χ2n) is 11.9. The highest BCUT2D eigenvalue weighted by Crippen LogP contribution is 2.27. The molecule has 1 atom stereocenters. The largest absolute Gasteiger partial charge is 0.321 e. The van der Waals surface area contributed by atoms with E-state index in [1.54, 1.807) is 74.1 Å². The van der Waals surface area contributed by atoms with E-state index in [0.717, 1.165) is 16.0 Å². The summed E-state index contributed by atoms with van der Waals surface area (Å²) in [4.78, 5) is 53.9. The zero-order chi connectivity index (χ0) is 35.1. The van der Waals surface area contributed by atoms with Crippen molar-refractivity contribution in [1.29, 1.82) is 0 Å². The molecule has 1 heterocycles. The first-order valence-electron chi connectivity index (χ1n) is 15.9. The van der Waals surface area contributed by atoms with Gasteiger partial charge in [-0.05, 0) is 79.4 Å². The molecule has 0 aliphatic rings. The van der Waals surface area contributed by atoms with Crippen molar-refractivity contribution in [3.63, 3.8) is 0 Å². The first-order valence-corrected chi connectivity index (χ1v) is 16.8. The predicted octanol–water partition coefficient (Wildman–Crippen LogP) is 7.14. The molecule has 5 aromatic rings. The second kappa shape index (κ2) is 15.5. The zero-order valence-corrected chi connectivity index (χ0v) is 28.9. The molecule has 1 aromatic heterocycles. The fourth-order valence-corrected chi connectivity index (χ4v) is 6.05. The number of thioether (sulfide) groups is 1. The summed E-state index contributed by atoms with van der Waals surface area (Å²) >= 11 is 1.29. The lowest BCUT2D eigenvalue weighted by Crippen LogP contribution is -2.30. The molecular formula is C39H39N5O4S. The molecule has 0 saturated carbocycles. The number of anilines is 2. The molecule has 0 fully saturated rings. The molecule has 4 aromatic carbocycles. The van der Waals surface area contributed by atoms with E-state index < -0.39 is 17.1 Å². The van der Waals surface area contributed by atoms with Crippen LogP contribution in [0, 0.1) is 6.92 Å². The van der Waals surface area contributed by atoms with Crippen LogP contribution in [-0.2, 0) is 16.6 Å². The number of benzene rings is 4. The summed E-state index contributed by atoms with van der Waals surface area (Å²) in [6.45, 7) is 7.75. The maximum absolute atomic E-state index is 13.6. The van der Waals surface area contributed by atoms with Gasteiger partial charge in [0, 0.05) is 23.2 Å². The number of carbonyl (C=O) groups excluding carboxylic acids is 3. The fourth-order valence-electron chi connectivity index (χ4n) is 5.13. The number of carbonyl (C=O) groups is 3. The van der Waals surface area contributed by atoms with Gasteiger partial charge in [-0.2, -0.15) is 0 Å². The monoisotopic (exact) mass is 673 g/mol. The van der Waals surface area contributed by atoms with Gasteiger partial charge in [0.25, 0.3) is 17.4 Å². The molecule has 0 aliphatic heterocycles. The Morgan fingerprint density at radius 3 is 2.10 bits per heavy atom. The van der Waals surface area contributed by atoms with Crippen molar-refractivity contribution in [2.45, 2.75) is 43.8 Å². The third-order valence-electron chi connectivity index (χ3n) is 8.02. The molecule has 0 aliphatic carbocycles. The molecule has 0 bridgehead atoms. The lowest BCUT2D eigenvalue weighted by molar-refractivity contribution is -0.115. The van der Waals surface area contributed by atoms with Crippen LogP contribution in [-0.4, -0.2) is 32.3 Å². The quantitative estimate of drug-likeness (QED) is 0.102. The number of hydrogen-bond acceptors (Lipinski definition) is 5. The third kappa shape index (κ3) is 8.46. The van der Waals surface area contributed by atoms with Crippen LogP contribution in [0.15, 0.2) is 125 Å². The van der Waals surface area contributed by atoms with Crippen LogP contribution in [0.4, 0.5) is 11.4 Å². The standard InChI is InChI=1S/C39H39N5O4S/c1-25(2)29-21-19-28(20-22-29)23-34(41-37(46)30-13-8-6-9-14-30)38(47)40-31-15-12-18-33(24-31)49-27(4)36(45)42-35-26(3)43(5)44(39(35)48)32-16-10-7-11-17-32/h6-25,27H,1-5H3,(H,40,47)(H,41,46)(H,42,45)/b34-23+. The van der Waals surface area contributed by atoms with Gasteiger partial charge in [0.1, 0.15) is 11.4 Å². The van der Waals surface area contributed by atoms with Crippen LogP contribution in [0.25, 0.3) is 11.8 Å². The topological polar surface area (TPSA) is 114 Å². The molecule has 5 rings (SSSR count). The van der Waals surface area contributed by atoms with Gasteiger partial charge < -0.3 is 16.0 Å². The Balaban J connectivity index is 1.30. The maximum atomic E-state index is 13.6. The minimum Gasteiger partial charge on any atom is -0.321 e. The van der Waals surface area contributed by atoms with E-state index in [1.165, 1.54) is 16.4 Å². The minimum absolute atomic E-state index is 0.0799. The van der Waals surface area contributed by atoms with Gasteiger partial charge in [0.2, 0.25) is 5.91 Å². The van der Waals surface area contributed by atoms with Gasteiger partial charge in [0.05, 0.1) is 16.6 Å². The first kappa shape index (κ1) is 34.7. The van der Waals surface area contributed by atoms with E-state index in [-0.39, 0.29) is 22.9 Å². The normalized spacial score (nSPS) is 12.0. The lowest BCUT2D eigenvalue weighted by atomic mass is 10.0. The predicted molar refractivity (Wildman–Crippen MR) is 197 cm³/mol. The molecule has 0 saturated heterocycles. The molecule has 0 spiro atoms. The Hall–Kier alpha value is -5.61. The minimum atomic E-state index is -0.565. The Morgan fingerprint density at radius 2 is 1.45 bits per heavy atom. The number of para-hydroxylation sites is 1. The van der Waals surface area contributed by atoms with Gasteiger partial charge in [-0.1, -0.05) is 80.6 Å². The van der Waals surface area contributed by atoms with E-state index >= 15 is 0 Å². The van der Waals surface area contributed by atoms with E-state index in [1.807, 2.05) is 66.7 Å². The summed E-state index contributed by atoms with van der Waals surface area (Å²) < 4.78 is 3.23. The number of hydrogen-bond donors (Lipinski definition) is 3. The Morgan fingerprint density at radius 1 is 0.796 bits per heavy atom. The summed E-state index contributed by atoms with van der Waals surface area (Å²) in [5, 5.41) is 7.92. The first-order chi connectivity index (χ1) is 23.5. The molecule has 1 unspecified atom stereocenters.